The van der Waals surface area contributed by atoms with Crippen LogP contribution < -0.4 is 11.1 Å². The van der Waals surface area contributed by atoms with E-state index in [1.807, 2.05) is 6.92 Å². The summed E-state index contributed by atoms with van der Waals surface area (Å²) in [4.78, 5) is 15.9. The van der Waals surface area contributed by atoms with E-state index in [4.69, 9.17) is 10.7 Å². The van der Waals surface area contributed by atoms with E-state index in [1.165, 1.54) is 5.69 Å². The lowest BCUT2D eigenvalue weighted by molar-refractivity contribution is -0.118. The lowest BCUT2D eigenvalue weighted by Crippen LogP contribution is -2.27. The van der Waals surface area contributed by atoms with Crippen molar-refractivity contribution in [3.63, 3.8) is 0 Å². The minimum absolute atomic E-state index is 0.0919. The number of primary amides is 1. The van der Waals surface area contributed by atoms with Crippen molar-refractivity contribution >= 4 is 5.91 Å². The van der Waals surface area contributed by atoms with Gasteiger partial charge in [0.25, 0.3) is 0 Å². The third-order valence-electron chi connectivity index (χ3n) is 3.41. The Kier molecular flexibility index (Phi) is 3.71. The molecule has 18 heavy (non-hydrogen) atoms. The summed E-state index contributed by atoms with van der Waals surface area (Å²) in [6, 6.07) is 0.0919. The Morgan fingerprint density at radius 2 is 2.22 bits per heavy atom. The quantitative estimate of drug-likeness (QED) is 0.840. The highest BCUT2D eigenvalue weighted by molar-refractivity contribution is 5.74. The third-order valence-corrected chi connectivity index (χ3v) is 3.41. The van der Waals surface area contributed by atoms with E-state index in [-0.39, 0.29) is 11.9 Å². The summed E-state index contributed by atoms with van der Waals surface area (Å²) in [5, 5.41) is 3.33. The molecular formula is C13H22N4O. The Morgan fingerprint density at radius 1 is 1.50 bits per heavy atom. The van der Waals surface area contributed by atoms with Gasteiger partial charge in [0.15, 0.2) is 0 Å². The summed E-state index contributed by atoms with van der Waals surface area (Å²) in [5.74, 6) is 1.16. The number of carbonyl (C=O) groups is 1. The summed E-state index contributed by atoms with van der Waals surface area (Å²) in [5.41, 5.74) is 7.71. The Morgan fingerprint density at radius 3 is 2.83 bits per heavy atom. The molecule has 5 heteroatoms. The first kappa shape index (κ1) is 13.1. The van der Waals surface area contributed by atoms with Gasteiger partial charge in [-0.25, -0.2) is 4.98 Å². The minimum atomic E-state index is -0.256. The maximum absolute atomic E-state index is 11.1. The van der Waals surface area contributed by atoms with Crippen LogP contribution in [0.2, 0.25) is 0 Å². The van der Waals surface area contributed by atoms with E-state index in [0.29, 0.717) is 12.3 Å². The van der Waals surface area contributed by atoms with Gasteiger partial charge in [-0.05, 0) is 6.92 Å². The fraction of sp³-hybridized carbons (Fsp3) is 0.692. The van der Waals surface area contributed by atoms with Crippen LogP contribution in [0.25, 0.3) is 0 Å². The Hall–Kier alpha value is -1.36. The van der Waals surface area contributed by atoms with Crippen LogP contribution in [0.5, 0.6) is 0 Å². The molecular weight excluding hydrogens is 228 g/mol. The fourth-order valence-corrected chi connectivity index (χ4v) is 2.64. The lowest BCUT2D eigenvalue weighted by Gasteiger charge is -2.22. The molecule has 5 nitrogen and oxygen atoms in total. The minimum Gasteiger partial charge on any atom is -0.370 e. The summed E-state index contributed by atoms with van der Waals surface area (Å²) in [6.45, 7) is 8.11. The van der Waals surface area contributed by atoms with Crippen LogP contribution in [0.4, 0.5) is 0 Å². The van der Waals surface area contributed by atoms with Crippen molar-refractivity contribution in [3.8, 4) is 0 Å². The van der Waals surface area contributed by atoms with Gasteiger partial charge >= 0.3 is 0 Å². The van der Waals surface area contributed by atoms with Crippen LogP contribution in [0.15, 0.2) is 0 Å². The van der Waals surface area contributed by atoms with Crippen LogP contribution in [-0.2, 0) is 17.8 Å². The number of nitrogens with zero attached hydrogens (tertiary/aromatic N) is 2. The molecule has 0 bridgehead atoms. The second kappa shape index (κ2) is 5.10. The van der Waals surface area contributed by atoms with Crippen molar-refractivity contribution in [2.24, 2.45) is 5.73 Å². The third kappa shape index (κ3) is 2.41. The Bertz CT molecular complexity index is 450. The predicted molar refractivity (Wildman–Crippen MR) is 70.2 cm³/mol. The molecule has 3 N–H and O–H groups in total. The molecule has 1 aliphatic rings. The van der Waals surface area contributed by atoms with Gasteiger partial charge in [0, 0.05) is 43.6 Å². The molecule has 1 amide bonds. The van der Waals surface area contributed by atoms with Gasteiger partial charge in [0.1, 0.15) is 5.82 Å². The van der Waals surface area contributed by atoms with E-state index in [1.54, 1.807) is 0 Å². The monoisotopic (exact) mass is 250 g/mol. The van der Waals surface area contributed by atoms with E-state index < -0.39 is 0 Å². The van der Waals surface area contributed by atoms with Gasteiger partial charge in [-0.3, -0.25) is 4.79 Å². The average molecular weight is 250 g/mol. The lowest BCUT2D eigenvalue weighted by atomic mass is 10.1. The second-order valence-electron chi connectivity index (χ2n) is 5.33. The zero-order valence-electron chi connectivity index (χ0n) is 11.4. The standard InChI is InChI=1S/C13H22N4O/c1-8(2)13-16-10-7-15-5-4-11(10)17(13)9(3)6-12(14)18/h8-9,15H,4-7H2,1-3H3,(H2,14,18). The number of fused-ring (bicyclic) bond motifs is 1. The maximum Gasteiger partial charge on any atom is 0.219 e. The first-order valence-corrected chi connectivity index (χ1v) is 6.59. The molecule has 1 aliphatic heterocycles. The molecule has 0 aromatic carbocycles. The normalized spacial score (nSPS) is 16.7. The highest BCUT2D eigenvalue weighted by atomic mass is 16.1. The SMILES string of the molecule is CC(C)c1nc2c(n1C(C)CC(N)=O)CCNC2. The van der Waals surface area contributed by atoms with Crippen molar-refractivity contribution in [2.75, 3.05) is 6.54 Å². The van der Waals surface area contributed by atoms with E-state index >= 15 is 0 Å². The smallest absolute Gasteiger partial charge is 0.219 e. The van der Waals surface area contributed by atoms with Gasteiger partial charge in [-0.15, -0.1) is 0 Å². The molecule has 0 radical (unpaired) electrons. The van der Waals surface area contributed by atoms with Crippen LogP contribution in [0, 0.1) is 0 Å². The van der Waals surface area contributed by atoms with E-state index in [9.17, 15) is 4.79 Å². The van der Waals surface area contributed by atoms with Crippen molar-refractivity contribution in [1.29, 1.82) is 0 Å². The summed E-state index contributed by atoms with van der Waals surface area (Å²) in [7, 11) is 0. The van der Waals surface area contributed by atoms with E-state index in [0.717, 1.165) is 31.0 Å². The highest BCUT2D eigenvalue weighted by Gasteiger charge is 2.24. The molecule has 0 saturated heterocycles. The van der Waals surface area contributed by atoms with Crippen LogP contribution in [0.3, 0.4) is 0 Å². The maximum atomic E-state index is 11.1. The molecule has 0 aliphatic carbocycles. The Labute approximate surface area is 108 Å². The molecule has 2 heterocycles. The first-order valence-electron chi connectivity index (χ1n) is 6.59. The zero-order valence-corrected chi connectivity index (χ0v) is 11.4. The number of nitrogens with one attached hydrogen (secondary N) is 1. The molecule has 1 unspecified atom stereocenters. The molecule has 0 saturated carbocycles. The van der Waals surface area contributed by atoms with Gasteiger partial charge in [0.2, 0.25) is 5.91 Å². The summed E-state index contributed by atoms with van der Waals surface area (Å²) < 4.78 is 2.23. The fourth-order valence-electron chi connectivity index (χ4n) is 2.64. The van der Waals surface area contributed by atoms with Crippen molar-refractivity contribution < 1.29 is 4.79 Å². The van der Waals surface area contributed by atoms with Gasteiger partial charge in [-0.2, -0.15) is 0 Å². The van der Waals surface area contributed by atoms with Crippen LogP contribution in [0.1, 0.15) is 56.4 Å². The van der Waals surface area contributed by atoms with E-state index in [2.05, 4.69) is 23.7 Å². The molecule has 0 spiro atoms. The first-order chi connectivity index (χ1) is 8.50. The highest BCUT2D eigenvalue weighted by Crippen LogP contribution is 2.27. The largest absolute Gasteiger partial charge is 0.370 e. The molecule has 2 rings (SSSR count). The average Bonchev–Trinajstić information content (AvgIpc) is 2.67. The van der Waals surface area contributed by atoms with Gasteiger partial charge < -0.3 is 15.6 Å². The number of amides is 1. The predicted octanol–water partition coefficient (Wildman–Crippen LogP) is 1.09. The zero-order chi connectivity index (χ0) is 13.3. The topological polar surface area (TPSA) is 72.9 Å². The molecule has 100 valence electrons. The summed E-state index contributed by atoms with van der Waals surface area (Å²) in [6.07, 6.45) is 1.34. The molecule has 1 aromatic heterocycles. The van der Waals surface area contributed by atoms with Crippen molar-refractivity contribution in [1.82, 2.24) is 14.9 Å². The molecule has 1 aromatic rings. The summed E-state index contributed by atoms with van der Waals surface area (Å²) >= 11 is 0. The molecule has 0 fully saturated rings. The number of rotatable bonds is 4. The number of imidazole rings is 1. The van der Waals surface area contributed by atoms with Gasteiger partial charge in [0.05, 0.1) is 5.69 Å². The number of nitrogens with two attached hydrogens (primary N) is 1. The van der Waals surface area contributed by atoms with Crippen molar-refractivity contribution in [2.45, 2.75) is 52.1 Å². The number of carbonyl (C=O) groups excluding carboxylic acids is 1. The van der Waals surface area contributed by atoms with Crippen LogP contribution in [-0.4, -0.2) is 22.0 Å². The number of aromatic nitrogens is 2. The molecule has 1 atom stereocenters. The second-order valence-corrected chi connectivity index (χ2v) is 5.33. The number of hydrogen-bond acceptors (Lipinski definition) is 3. The number of hydrogen-bond donors (Lipinski definition) is 2. The van der Waals surface area contributed by atoms with Crippen molar-refractivity contribution in [3.05, 3.63) is 17.2 Å². The van der Waals surface area contributed by atoms with Gasteiger partial charge in [-0.1, -0.05) is 13.8 Å². The van der Waals surface area contributed by atoms with Crippen LogP contribution >= 0.6 is 0 Å². The Balaban J connectivity index is 2.41.